The first-order valence-electron chi connectivity index (χ1n) is 7.21. The number of benzene rings is 1. The fraction of sp³-hybridized carbons (Fsp3) is 0.400. The summed E-state index contributed by atoms with van der Waals surface area (Å²) in [7, 11) is 1.66. The van der Waals surface area contributed by atoms with Gasteiger partial charge < -0.3 is 16.0 Å². The summed E-state index contributed by atoms with van der Waals surface area (Å²) in [6.07, 6.45) is 2.88. The van der Waals surface area contributed by atoms with Crippen molar-refractivity contribution in [3.8, 4) is 0 Å². The number of hydrogen-bond acceptors (Lipinski definition) is 5. The lowest BCUT2D eigenvalue weighted by Crippen LogP contribution is -2.49. The van der Waals surface area contributed by atoms with Crippen molar-refractivity contribution in [1.82, 2.24) is 15.3 Å². The number of piperidine rings is 1. The van der Waals surface area contributed by atoms with Crippen molar-refractivity contribution in [2.24, 2.45) is 0 Å². The van der Waals surface area contributed by atoms with Gasteiger partial charge in [-0.1, -0.05) is 12.1 Å². The van der Waals surface area contributed by atoms with Gasteiger partial charge >= 0.3 is 0 Å². The number of nitrogens with zero attached hydrogens (tertiary/aromatic N) is 3. The highest BCUT2D eigenvalue weighted by molar-refractivity contribution is 5.87. The second kappa shape index (κ2) is 5.55. The summed E-state index contributed by atoms with van der Waals surface area (Å²) in [4.78, 5) is 23.1. The van der Waals surface area contributed by atoms with E-state index in [0.29, 0.717) is 11.6 Å². The maximum atomic E-state index is 12.1. The van der Waals surface area contributed by atoms with E-state index >= 15 is 0 Å². The number of anilines is 2. The molecule has 1 atom stereocenters. The maximum Gasteiger partial charge on any atom is 0.242 e. The number of nitrogens with one attached hydrogen (secondary N) is 1. The van der Waals surface area contributed by atoms with Crippen LogP contribution in [0.25, 0.3) is 11.0 Å². The van der Waals surface area contributed by atoms with Crippen LogP contribution < -0.4 is 16.0 Å². The van der Waals surface area contributed by atoms with Crippen molar-refractivity contribution >= 4 is 28.6 Å². The maximum absolute atomic E-state index is 12.1. The molecule has 1 aliphatic heterocycles. The van der Waals surface area contributed by atoms with Crippen molar-refractivity contribution < 1.29 is 4.79 Å². The first kappa shape index (κ1) is 13.6. The Kier molecular flexibility index (Phi) is 3.60. The highest BCUT2D eigenvalue weighted by atomic mass is 16.2. The number of carbonyl (C=O) groups excluding carboxylic acids is 1. The number of hydrogen-bond donors (Lipinski definition) is 2. The molecule has 1 unspecified atom stereocenters. The number of likely N-dealkylation sites (N-methyl/N-ethyl adjacent to an activating group) is 1. The smallest absolute Gasteiger partial charge is 0.242 e. The molecule has 6 nitrogen and oxygen atoms in total. The van der Waals surface area contributed by atoms with E-state index < -0.39 is 0 Å². The number of aromatic nitrogens is 2. The average Bonchev–Trinajstić information content (AvgIpc) is 2.53. The van der Waals surface area contributed by atoms with Gasteiger partial charge in [0.15, 0.2) is 11.6 Å². The Labute approximate surface area is 123 Å². The molecular weight excluding hydrogens is 266 g/mol. The van der Waals surface area contributed by atoms with E-state index in [4.69, 9.17) is 5.73 Å². The van der Waals surface area contributed by atoms with E-state index in [9.17, 15) is 4.79 Å². The van der Waals surface area contributed by atoms with Crippen LogP contribution in [0.5, 0.6) is 0 Å². The molecule has 1 fully saturated rings. The standard InChI is InChI=1S/C15H19N5O/c1-17-15(21)12-8-4-5-9-20(12)14-13(16)18-10-6-2-3-7-11(10)19-14/h2-3,6-7,12H,4-5,8-9H2,1H3,(H2,16,18)(H,17,21). The summed E-state index contributed by atoms with van der Waals surface area (Å²) in [5, 5.41) is 2.72. The molecule has 1 aromatic carbocycles. The molecule has 3 rings (SSSR count). The average molecular weight is 285 g/mol. The van der Waals surface area contributed by atoms with Gasteiger partial charge in [0, 0.05) is 13.6 Å². The third-order valence-electron chi connectivity index (χ3n) is 3.90. The molecule has 0 radical (unpaired) electrons. The second-order valence-corrected chi connectivity index (χ2v) is 5.24. The number of carbonyl (C=O) groups is 1. The first-order chi connectivity index (χ1) is 10.2. The van der Waals surface area contributed by atoms with Crippen LogP contribution >= 0.6 is 0 Å². The largest absolute Gasteiger partial charge is 0.381 e. The Balaban J connectivity index is 2.04. The summed E-state index contributed by atoms with van der Waals surface area (Å²) in [6.45, 7) is 0.773. The number of rotatable bonds is 2. The van der Waals surface area contributed by atoms with Crippen LogP contribution in [-0.4, -0.2) is 35.5 Å². The minimum absolute atomic E-state index is 0.00376. The van der Waals surface area contributed by atoms with E-state index in [-0.39, 0.29) is 11.9 Å². The van der Waals surface area contributed by atoms with E-state index in [1.807, 2.05) is 29.2 Å². The zero-order valence-electron chi connectivity index (χ0n) is 12.0. The van der Waals surface area contributed by atoms with Gasteiger partial charge in [0.05, 0.1) is 11.0 Å². The molecule has 6 heteroatoms. The predicted molar refractivity (Wildman–Crippen MR) is 83.0 cm³/mol. The SMILES string of the molecule is CNC(=O)C1CCCCN1c1nc2ccccc2nc1N. The molecule has 110 valence electrons. The molecule has 1 aromatic heterocycles. The van der Waals surface area contributed by atoms with Gasteiger partial charge in [-0.3, -0.25) is 4.79 Å². The molecule has 1 aliphatic rings. The highest BCUT2D eigenvalue weighted by Crippen LogP contribution is 2.28. The number of nitrogen functional groups attached to an aromatic ring is 1. The summed E-state index contributed by atoms with van der Waals surface area (Å²) in [6, 6.07) is 7.40. The summed E-state index contributed by atoms with van der Waals surface area (Å²) >= 11 is 0. The first-order valence-corrected chi connectivity index (χ1v) is 7.21. The van der Waals surface area contributed by atoms with Crippen LogP contribution in [0, 0.1) is 0 Å². The molecular formula is C15H19N5O. The minimum atomic E-state index is -0.221. The van der Waals surface area contributed by atoms with E-state index in [0.717, 1.165) is 36.8 Å². The lowest BCUT2D eigenvalue weighted by Gasteiger charge is -2.35. The van der Waals surface area contributed by atoms with Crippen LogP contribution in [0.3, 0.4) is 0 Å². The third kappa shape index (κ3) is 2.49. The molecule has 3 N–H and O–H groups in total. The topological polar surface area (TPSA) is 84.1 Å². The molecule has 0 bridgehead atoms. The molecule has 0 saturated carbocycles. The van der Waals surface area contributed by atoms with Crippen LogP contribution in [0.4, 0.5) is 11.6 Å². The molecule has 21 heavy (non-hydrogen) atoms. The number of nitrogens with two attached hydrogens (primary N) is 1. The summed E-state index contributed by atoms with van der Waals surface area (Å²) in [5.74, 6) is 0.996. The fourth-order valence-electron chi connectivity index (χ4n) is 2.84. The summed E-state index contributed by atoms with van der Waals surface area (Å²) in [5.41, 5.74) is 7.64. The molecule has 0 spiro atoms. The van der Waals surface area contributed by atoms with Gasteiger partial charge in [0.2, 0.25) is 5.91 Å². The monoisotopic (exact) mass is 285 g/mol. The normalized spacial score (nSPS) is 18.7. The number of fused-ring (bicyclic) bond motifs is 1. The summed E-state index contributed by atoms with van der Waals surface area (Å²) < 4.78 is 0. The Morgan fingerprint density at radius 1 is 1.29 bits per heavy atom. The van der Waals surface area contributed by atoms with Crippen molar-refractivity contribution in [1.29, 1.82) is 0 Å². The van der Waals surface area contributed by atoms with Crippen LogP contribution in [0.2, 0.25) is 0 Å². The van der Waals surface area contributed by atoms with Crippen LogP contribution in [-0.2, 0) is 4.79 Å². The Morgan fingerprint density at radius 2 is 2.00 bits per heavy atom. The van der Waals surface area contributed by atoms with Gasteiger partial charge in [0.25, 0.3) is 0 Å². The Bertz CT molecular complexity index is 672. The molecule has 2 aromatic rings. The number of para-hydroxylation sites is 2. The Hall–Kier alpha value is -2.37. The highest BCUT2D eigenvalue weighted by Gasteiger charge is 2.30. The Morgan fingerprint density at radius 3 is 2.71 bits per heavy atom. The zero-order chi connectivity index (χ0) is 14.8. The van der Waals surface area contributed by atoms with Crippen LogP contribution in [0.15, 0.2) is 24.3 Å². The quantitative estimate of drug-likeness (QED) is 0.869. The minimum Gasteiger partial charge on any atom is -0.381 e. The van der Waals surface area contributed by atoms with Gasteiger partial charge in [-0.15, -0.1) is 0 Å². The van der Waals surface area contributed by atoms with Crippen LogP contribution in [0.1, 0.15) is 19.3 Å². The zero-order valence-corrected chi connectivity index (χ0v) is 12.0. The molecule has 0 aliphatic carbocycles. The number of amides is 1. The van der Waals surface area contributed by atoms with Gasteiger partial charge in [-0.05, 0) is 31.4 Å². The van der Waals surface area contributed by atoms with E-state index in [1.54, 1.807) is 7.05 Å². The lowest BCUT2D eigenvalue weighted by atomic mass is 10.0. The van der Waals surface area contributed by atoms with Crippen molar-refractivity contribution in [2.45, 2.75) is 25.3 Å². The van der Waals surface area contributed by atoms with Crippen molar-refractivity contribution in [3.05, 3.63) is 24.3 Å². The van der Waals surface area contributed by atoms with Gasteiger partial charge in [0.1, 0.15) is 6.04 Å². The van der Waals surface area contributed by atoms with E-state index in [1.165, 1.54) is 0 Å². The van der Waals surface area contributed by atoms with Gasteiger partial charge in [-0.2, -0.15) is 0 Å². The molecule has 1 amide bonds. The molecule has 2 heterocycles. The third-order valence-corrected chi connectivity index (χ3v) is 3.90. The van der Waals surface area contributed by atoms with E-state index in [2.05, 4.69) is 15.3 Å². The second-order valence-electron chi connectivity index (χ2n) is 5.24. The van der Waals surface area contributed by atoms with Crippen molar-refractivity contribution in [2.75, 3.05) is 24.2 Å². The molecule has 1 saturated heterocycles. The predicted octanol–water partition coefficient (Wildman–Crippen LogP) is 1.32. The lowest BCUT2D eigenvalue weighted by molar-refractivity contribution is -0.122. The fourth-order valence-corrected chi connectivity index (χ4v) is 2.84. The van der Waals surface area contributed by atoms with Gasteiger partial charge in [-0.25, -0.2) is 9.97 Å². The van der Waals surface area contributed by atoms with Crippen molar-refractivity contribution in [3.63, 3.8) is 0 Å².